The van der Waals surface area contributed by atoms with Crippen LogP contribution in [-0.2, 0) is 7.05 Å². The summed E-state index contributed by atoms with van der Waals surface area (Å²) in [6.45, 7) is 2.15. The molecule has 0 aromatic carbocycles. The first-order chi connectivity index (χ1) is 4.74. The number of alkyl halides is 1. The molecular formula is C7H11BrN2. The maximum atomic E-state index is 4.27. The summed E-state index contributed by atoms with van der Waals surface area (Å²) in [5.41, 5.74) is 1.15. The second-order valence-electron chi connectivity index (χ2n) is 2.47. The Morgan fingerprint density at radius 3 is 2.90 bits per heavy atom. The molecular weight excluding hydrogens is 192 g/mol. The van der Waals surface area contributed by atoms with Gasteiger partial charge in [0.25, 0.3) is 0 Å². The molecule has 1 rings (SSSR count). The quantitative estimate of drug-likeness (QED) is 0.671. The second kappa shape index (κ2) is 3.19. The molecule has 0 amide bonds. The van der Waals surface area contributed by atoms with Gasteiger partial charge in [-0.15, -0.1) is 0 Å². The average molecular weight is 203 g/mol. The lowest BCUT2D eigenvalue weighted by molar-refractivity contribution is 0.718. The van der Waals surface area contributed by atoms with E-state index in [2.05, 4.69) is 28.0 Å². The minimum absolute atomic E-state index is 0.515. The predicted octanol–water partition coefficient (Wildman–Crippen LogP) is 1.92. The topological polar surface area (TPSA) is 17.8 Å². The van der Waals surface area contributed by atoms with E-state index in [4.69, 9.17) is 0 Å². The molecule has 2 nitrogen and oxygen atoms in total. The van der Waals surface area contributed by atoms with Crippen LogP contribution < -0.4 is 0 Å². The highest BCUT2D eigenvalue weighted by atomic mass is 79.9. The summed E-state index contributed by atoms with van der Waals surface area (Å²) in [7, 11) is 1.93. The summed E-state index contributed by atoms with van der Waals surface area (Å²) in [5.74, 6) is 0.515. The second-order valence-corrected chi connectivity index (χ2v) is 3.12. The van der Waals surface area contributed by atoms with Crippen molar-refractivity contribution in [3.63, 3.8) is 0 Å². The summed E-state index contributed by atoms with van der Waals surface area (Å²) < 4.78 is 1.83. The third-order valence-electron chi connectivity index (χ3n) is 1.47. The van der Waals surface area contributed by atoms with Crippen LogP contribution >= 0.6 is 15.9 Å². The Bertz CT molecular complexity index is 207. The molecule has 1 aromatic heterocycles. The van der Waals surface area contributed by atoms with Crippen molar-refractivity contribution < 1.29 is 0 Å². The summed E-state index contributed by atoms with van der Waals surface area (Å²) >= 11 is 3.41. The van der Waals surface area contributed by atoms with E-state index in [0.717, 1.165) is 11.0 Å². The highest BCUT2D eigenvalue weighted by Gasteiger charge is 2.04. The molecule has 1 unspecified atom stereocenters. The summed E-state index contributed by atoms with van der Waals surface area (Å²) in [6.07, 6.45) is 1.97. The number of rotatable bonds is 2. The Hall–Kier alpha value is -0.310. The zero-order valence-electron chi connectivity index (χ0n) is 6.21. The molecule has 0 N–H and O–H groups in total. The molecule has 1 atom stereocenters. The molecule has 0 aliphatic rings. The SMILES string of the molecule is CC(CBr)c1ccn(C)n1. The highest BCUT2D eigenvalue weighted by molar-refractivity contribution is 9.09. The molecule has 3 heteroatoms. The van der Waals surface area contributed by atoms with Gasteiger partial charge in [0.05, 0.1) is 5.69 Å². The van der Waals surface area contributed by atoms with Gasteiger partial charge in [-0.05, 0) is 6.07 Å². The molecule has 0 radical (unpaired) electrons. The van der Waals surface area contributed by atoms with E-state index in [9.17, 15) is 0 Å². The van der Waals surface area contributed by atoms with Gasteiger partial charge in [-0.3, -0.25) is 4.68 Å². The van der Waals surface area contributed by atoms with Gasteiger partial charge >= 0.3 is 0 Å². The predicted molar refractivity (Wildman–Crippen MR) is 45.4 cm³/mol. The number of nitrogens with zero attached hydrogens (tertiary/aromatic N) is 2. The number of aromatic nitrogens is 2. The summed E-state index contributed by atoms with van der Waals surface area (Å²) in [5, 5.41) is 5.24. The normalized spacial score (nSPS) is 13.5. The summed E-state index contributed by atoms with van der Waals surface area (Å²) in [4.78, 5) is 0. The van der Waals surface area contributed by atoms with Crippen molar-refractivity contribution in [1.29, 1.82) is 0 Å². The van der Waals surface area contributed by atoms with Gasteiger partial charge < -0.3 is 0 Å². The first-order valence-electron chi connectivity index (χ1n) is 3.29. The number of hydrogen-bond acceptors (Lipinski definition) is 1. The van der Waals surface area contributed by atoms with Crippen molar-refractivity contribution in [2.75, 3.05) is 5.33 Å². The lowest BCUT2D eigenvalue weighted by Gasteiger charge is -2.00. The fourth-order valence-electron chi connectivity index (χ4n) is 0.775. The van der Waals surface area contributed by atoms with Gasteiger partial charge in [-0.2, -0.15) is 5.10 Å². The van der Waals surface area contributed by atoms with Crippen molar-refractivity contribution in [1.82, 2.24) is 9.78 Å². The van der Waals surface area contributed by atoms with Gasteiger partial charge in [-0.25, -0.2) is 0 Å². The van der Waals surface area contributed by atoms with E-state index < -0.39 is 0 Å². The van der Waals surface area contributed by atoms with Crippen LogP contribution in [0.3, 0.4) is 0 Å². The zero-order valence-corrected chi connectivity index (χ0v) is 7.80. The van der Waals surface area contributed by atoms with Gasteiger partial charge in [-0.1, -0.05) is 22.9 Å². The van der Waals surface area contributed by atoms with E-state index >= 15 is 0 Å². The molecule has 10 heavy (non-hydrogen) atoms. The zero-order chi connectivity index (χ0) is 7.56. The van der Waals surface area contributed by atoms with Crippen molar-refractivity contribution >= 4 is 15.9 Å². The minimum atomic E-state index is 0.515. The molecule has 0 fully saturated rings. The van der Waals surface area contributed by atoms with E-state index in [1.807, 2.05) is 24.0 Å². The monoisotopic (exact) mass is 202 g/mol. The van der Waals surface area contributed by atoms with Crippen LogP contribution in [0, 0.1) is 0 Å². The Morgan fingerprint density at radius 2 is 2.50 bits per heavy atom. The fraction of sp³-hybridized carbons (Fsp3) is 0.571. The highest BCUT2D eigenvalue weighted by Crippen LogP contribution is 2.13. The van der Waals surface area contributed by atoms with E-state index in [1.54, 1.807) is 0 Å². The van der Waals surface area contributed by atoms with Crippen LogP contribution in [0.4, 0.5) is 0 Å². The largest absolute Gasteiger partial charge is 0.276 e. The minimum Gasteiger partial charge on any atom is -0.276 e. The lowest BCUT2D eigenvalue weighted by Crippen LogP contribution is -1.97. The van der Waals surface area contributed by atoms with Crippen molar-refractivity contribution in [2.45, 2.75) is 12.8 Å². The third-order valence-corrected chi connectivity index (χ3v) is 2.44. The van der Waals surface area contributed by atoms with Crippen molar-refractivity contribution in [2.24, 2.45) is 7.05 Å². The first-order valence-corrected chi connectivity index (χ1v) is 4.41. The molecule has 1 heterocycles. The van der Waals surface area contributed by atoms with Crippen LogP contribution in [0.2, 0.25) is 0 Å². The number of halogens is 1. The van der Waals surface area contributed by atoms with E-state index in [0.29, 0.717) is 5.92 Å². The lowest BCUT2D eigenvalue weighted by atomic mass is 10.1. The summed E-state index contributed by atoms with van der Waals surface area (Å²) in [6, 6.07) is 2.05. The molecule has 56 valence electrons. The standard InChI is InChI=1S/C7H11BrN2/c1-6(5-8)7-3-4-10(2)9-7/h3-4,6H,5H2,1-2H3. The molecule has 0 saturated heterocycles. The van der Waals surface area contributed by atoms with Gasteiger partial charge in [0.15, 0.2) is 0 Å². The van der Waals surface area contributed by atoms with Crippen molar-refractivity contribution in [3.8, 4) is 0 Å². The third kappa shape index (κ3) is 1.59. The smallest absolute Gasteiger partial charge is 0.0660 e. The fourth-order valence-corrected chi connectivity index (χ4v) is 1.11. The maximum absolute atomic E-state index is 4.27. The Balaban J connectivity index is 2.74. The maximum Gasteiger partial charge on any atom is 0.0660 e. The molecule has 0 spiro atoms. The van der Waals surface area contributed by atoms with Crippen LogP contribution in [-0.4, -0.2) is 15.1 Å². The van der Waals surface area contributed by atoms with E-state index in [1.165, 1.54) is 0 Å². The number of hydrogen-bond donors (Lipinski definition) is 0. The molecule has 0 aliphatic heterocycles. The first kappa shape index (κ1) is 7.79. The average Bonchev–Trinajstić information content (AvgIpc) is 2.34. The van der Waals surface area contributed by atoms with Gasteiger partial charge in [0, 0.05) is 24.5 Å². The molecule has 1 aromatic rings. The molecule has 0 saturated carbocycles. The molecule has 0 aliphatic carbocycles. The van der Waals surface area contributed by atoms with Gasteiger partial charge in [0.2, 0.25) is 0 Å². The van der Waals surface area contributed by atoms with Crippen molar-refractivity contribution in [3.05, 3.63) is 18.0 Å². The Labute approximate surface area is 69.4 Å². The Kier molecular flexibility index (Phi) is 2.49. The van der Waals surface area contributed by atoms with Crippen LogP contribution in [0.25, 0.3) is 0 Å². The van der Waals surface area contributed by atoms with Crippen LogP contribution in [0.15, 0.2) is 12.3 Å². The van der Waals surface area contributed by atoms with Crippen LogP contribution in [0.5, 0.6) is 0 Å². The Morgan fingerprint density at radius 1 is 1.80 bits per heavy atom. The number of aryl methyl sites for hydroxylation is 1. The molecule has 0 bridgehead atoms. The van der Waals surface area contributed by atoms with Gasteiger partial charge in [0.1, 0.15) is 0 Å². The van der Waals surface area contributed by atoms with Crippen LogP contribution in [0.1, 0.15) is 18.5 Å². The van der Waals surface area contributed by atoms with E-state index in [-0.39, 0.29) is 0 Å².